The van der Waals surface area contributed by atoms with E-state index < -0.39 is 11.9 Å². The summed E-state index contributed by atoms with van der Waals surface area (Å²) in [6.07, 6.45) is 5.68. The van der Waals surface area contributed by atoms with E-state index in [-0.39, 0.29) is 24.0 Å². The van der Waals surface area contributed by atoms with Crippen molar-refractivity contribution in [1.29, 1.82) is 0 Å². The summed E-state index contributed by atoms with van der Waals surface area (Å²) in [7, 11) is 1.83. The van der Waals surface area contributed by atoms with Gasteiger partial charge >= 0.3 is 5.97 Å². The summed E-state index contributed by atoms with van der Waals surface area (Å²) in [5.41, 5.74) is 0.529. The van der Waals surface area contributed by atoms with Crippen molar-refractivity contribution in [2.24, 2.45) is 0 Å². The van der Waals surface area contributed by atoms with Crippen LogP contribution >= 0.6 is 11.8 Å². The Kier molecular flexibility index (Phi) is 9.83. The molecule has 1 fully saturated rings. The van der Waals surface area contributed by atoms with Gasteiger partial charge in [-0.25, -0.2) is 0 Å². The average Bonchev–Trinajstić information content (AvgIpc) is 2.74. The second kappa shape index (κ2) is 12.4. The second-order valence-electron chi connectivity index (χ2n) is 6.93. The van der Waals surface area contributed by atoms with Crippen LogP contribution in [0.15, 0.2) is 24.3 Å². The van der Waals surface area contributed by atoms with Gasteiger partial charge in [0.1, 0.15) is 5.75 Å². The third-order valence-electron chi connectivity index (χ3n) is 4.79. The molecule has 160 valence electrons. The minimum atomic E-state index is -0.517. The molecule has 2 amide bonds. The van der Waals surface area contributed by atoms with E-state index in [1.807, 2.05) is 20.0 Å². The molecule has 0 heterocycles. The minimum absolute atomic E-state index is 0.0278. The first-order valence-corrected chi connectivity index (χ1v) is 11.2. The van der Waals surface area contributed by atoms with Crippen molar-refractivity contribution < 1.29 is 23.9 Å². The van der Waals surface area contributed by atoms with Gasteiger partial charge in [0.15, 0.2) is 6.61 Å². The maximum absolute atomic E-state index is 12.3. The van der Waals surface area contributed by atoms with Crippen LogP contribution in [0, 0.1) is 0 Å². The second-order valence-corrected chi connectivity index (χ2v) is 7.91. The molecule has 1 saturated carbocycles. The van der Waals surface area contributed by atoms with E-state index in [4.69, 9.17) is 9.47 Å². The molecule has 1 N–H and O–H groups in total. The van der Waals surface area contributed by atoms with Crippen LogP contribution in [0.5, 0.6) is 5.75 Å². The number of esters is 1. The van der Waals surface area contributed by atoms with E-state index in [0.717, 1.165) is 12.8 Å². The highest BCUT2D eigenvalue weighted by Crippen LogP contribution is 2.24. The molecule has 7 nitrogen and oxygen atoms in total. The first-order valence-electron chi connectivity index (χ1n) is 10.0. The summed E-state index contributed by atoms with van der Waals surface area (Å²) in [6.45, 7) is 1.96. The molecule has 0 spiro atoms. The molecule has 0 saturated heterocycles. The number of carbonyl (C=O) groups is 3. The molecule has 1 aromatic carbocycles. The van der Waals surface area contributed by atoms with Crippen LogP contribution < -0.4 is 10.1 Å². The van der Waals surface area contributed by atoms with Crippen LogP contribution in [0.25, 0.3) is 0 Å². The predicted octanol–water partition coefficient (Wildman–Crippen LogP) is 3.09. The lowest BCUT2D eigenvalue weighted by Crippen LogP contribution is -2.39. The van der Waals surface area contributed by atoms with Crippen molar-refractivity contribution in [2.45, 2.75) is 45.1 Å². The maximum atomic E-state index is 12.3. The van der Waals surface area contributed by atoms with Crippen molar-refractivity contribution in [3.8, 4) is 5.75 Å². The number of nitrogens with zero attached hydrogens (tertiary/aromatic N) is 1. The van der Waals surface area contributed by atoms with E-state index in [1.54, 1.807) is 23.1 Å². The molecule has 1 aliphatic carbocycles. The maximum Gasteiger partial charge on any atom is 0.316 e. The van der Waals surface area contributed by atoms with Gasteiger partial charge in [0.25, 0.3) is 5.91 Å². The number of rotatable bonds is 10. The molecule has 1 aromatic rings. The van der Waals surface area contributed by atoms with Gasteiger partial charge in [0, 0.05) is 13.1 Å². The Hall–Kier alpha value is -2.22. The van der Waals surface area contributed by atoms with Gasteiger partial charge in [-0.3, -0.25) is 14.4 Å². The molecular formula is C21H30N2O5S. The Labute approximate surface area is 176 Å². The number of hydrogen-bond acceptors (Lipinski definition) is 6. The Balaban J connectivity index is 1.65. The summed E-state index contributed by atoms with van der Waals surface area (Å²) in [6, 6.07) is 7.37. The lowest BCUT2D eigenvalue weighted by atomic mass is 9.94. The Morgan fingerprint density at radius 2 is 1.86 bits per heavy atom. The molecule has 8 heteroatoms. The highest BCUT2D eigenvalue weighted by atomic mass is 32.2. The number of para-hydroxylation sites is 2. The van der Waals surface area contributed by atoms with Gasteiger partial charge < -0.3 is 19.7 Å². The fraction of sp³-hybridized carbons (Fsp3) is 0.571. The minimum Gasteiger partial charge on any atom is -0.492 e. The average molecular weight is 423 g/mol. The summed E-state index contributed by atoms with van der Waals surface area (Å²) in [5.74, 6) is -0.103. The molecule has 0 unspecified atom stereocenters. The van der Waals surface area contributed by atoms with E-state index in [1.165, 1.54) is 31.0 Å². The zero-order chi connectivity index (χ0) is 21.1. The molecule has 29 heavy (non-hydrogen) atoms. The molecule has 0 aliphatic heterocycles. The van der Waals surface area contributed by atoms with Gasteiger partial charge in [-0.1, -0.05) is 31.4 Å². The summed E-state index contributed by atoms with van der Waals surface area (Å²) in [5, 5.41) is 2.67. The molecule has 1 aliphatic rings. The van der Waals surface area contributed by atoms with Gasteiger partial charge in [-0.05, 0) is 31.9 Å². The third-order valence-corrected chi connectivity index (χ3v) is 5.68. The van der Waals surface area contributed by atoms with Crippen molar-refractivity contribution in [2.75, 3.05) is 37.1 Å². The SMILES string of the molecule is CCOc1ccccc1NC(=O)COC(=O)CSCC(=O)N(C)C1CCCCC1. The van der Waals surface area contributed by atoms with Crippen molar-refractivity contribution in [3.63, 3.8) is 0 Å². The number of anilines is 1. The highest BCUT2D eigenvalue weighted by Gasteiger charge is 2.22. The zero-order valence-electron chi connectivity index (χ0n) is 17.1. The summed E-state index contributed by atoms with van der Waals surface area (Å²) in [4.78, 5) is 37.9. The van der Waals surface area contributed by atoms with Crippen LogP contribution in [0.2, 0.25) is 0 Å². The third kappa shape index (κ3) is 7.97. The topological polar surface area (TPSA) is 84.9 Å². The number of ether oxygens (including phenoxy) is 2. The predicted molar refractivity (Wildman–Crippen MR) is 114 cm³/mol. The van der Waals surface area contributed by atoms with E-state index in [9.17, 15) is 14.4 Å². The fourth-order valence-corrected chi connectivity index (χ4v) is 3.95. The molecule has 0 aromatic heterocycles. The molecule has 0 radical (unpaired) electrons. The zero-order valence-corrected chi connectivity index (χ0v) is 18.0. The standard InChI is InChI=1S/C21H30N2O5S/c1-3-27-18-12-8-7-11-17(18)22-19(24)13-28-21(26)15-29-14-20(25)23(2)16-9-5-4-6-10-16/h7-8,11-12,16H,3-6,9-10,13-15H2,1-2H3,(H,22,24). The number of nitrogens with one attached hydrogen (secondary N) is 1. The number of amides is 2. The number of thioether (sulfide) groups is 1. The lowest BCUT2D eigenvalue weighted by molar-refractivity contribution is -0.144. The quantitative estimate of drug-likeness (QED) is 0.583. The van der Waals surface area contributed by atoms with Crippen molar-refractivity contribution in [1.82, 2.24) is 4.90 Å². The Morgan fingerprint density at radius 3 is 2.59 bits per heavy atom. The summed E-state index contributed by atoms with van der Waals surface area (Å²) < 4.78 is 10.4. The first kappa shape index (κ1) is 23.1. The molecule has 0 atom stereocenters. The van der Waals surface area contributed by atoms with Gasteiger partial charge in [0.05, 0.1) is 23.8 Å². The van der Waals surface area contributed by atoms with Crippen LogP contribution in [-0.4, -0.2) is 60.5 Å². The van der Waals surface area contributed by atoms with E-state index in [2.05, 4.69) is 5.32 Å². The monoisotopic (exact) mass is 422 g/mol. The van der Waals surface area contributed by atoms with Crippen LogP contribution in [0.4, 0.5) is 5.69 Å². The smallest absolute Gasteiger partial charge is 0.316 e. The molecule has 0 bridgehead atoms. The number of benzene rings is 1. The number of hydrogen-bond donors (Lipinski definition) is 1. The van der Waals surface area contributed by atoms with E-state index in [0.29, 0.717) is 24.1 Å². The molecule has 2 rings (SSSR count). The normalized spacial score (nSPS) is 14.1. The largest absolute Gasteiger partial charge is 0.492 e. The van der Waals surface area contributed by atoms with Crippen LogP contribution in [0.3, 0.4) is 0 Å². The van der Waals surface area contributed by atoms with E-state index >= 15 is 0 Å². The van der Waals surface area contributed by atoms with Gasteiger partial charge in [-0.2, -0.15) is 0 Å². The van der Waals surface area contributed by atoms with Crippen molar-refractivity contribution >= 4 is 35.2 Å². The lowest BCUT2D eigenvalue weighted by Gasteiger charge is -2.31. The Bertz CT molecular complexity index is 691. The van der Waals surface area contributed by atoms with Gasteiger partial charge in [-0.15, -0.1) is 11.8 Å². The number of carbonyl (C=O) groups excluding carboxylic acids is 3. The summed E-state index contributed by atoms with van der Waals surface area (Å²) >= 11 is 1.21. The highest BCUT2D eigenvalue weighted by molar-refractivity contribution is 8.00. The van der Waals surface area contributed by atoms with Crippen molar-refractivity contribution in [3.05, 3.63) is 24.3 Å². The van der Waals surface area contributed by atoms with Crippen LogP contribution in [0.1, 0.15) is 39.0 Å². The van der Waals surface area contributed by atoms with Crippen LogP contribution in [-0.2, 0) is 19.1 Å². The van der Waals surface area contributed by atoms with Gasteiger partial charge in [0.2, 0.25) is 5.91 Å². The first-order chi connectivity index (χ1) is 14.0. The fourth-order valence-electron chi connectivity index (χ4n) is 3.22. The molecular weight excluding hydrogens is 392 g/mol. The Morgan fingerprint density at radius 1 is 1.14 bits per heavy atom.